The molecule has 0 saturated heterocycles. The van der Waals surface area contributed by atoms with E-state index in [0.29, 0.717) is 11.6 Å². The summed E-state index contributed by atoms with van der Waals surface area (Å²) in [5.41, 5.74) is 32.4. The molecular weight excluding hydrogens is 1600 g/mol. The van der Waals surface area contributed by atoms with Crippen molar-refractivity contribution in [1.82, 2.24) is 29.1 Å². The molecule has 1 unspecified atom stereocenters. The third kappa shape index (κ3) is 12.0. The summed E-state index contributed by atoms with van der Waals surface area (Å²) in [6.07, 6.45) is 7.88. The van der Waals surface area contributed by atoms with Gasteiger partial charge in [-0.2, -0.15) is 0 Å². The van der Waals surface area contributed by atoms with Gasteiger partial charge in [-0.3, -0.25) is 0 Å². The van der Waals surface area contributed by atoms with Crippen molar-refractivity contribution in [3.8, 4) is 78.7 Å². The molecule has 1 atom stereocenters. The van der Waals surface area contributed by atoms with E-state index < -0.39 is 10.8 Å². The fraction of sp³-hybridized carbons (Fsp3) is 0.0161. The summed E-state index contributed by atoms with van der Waals surface area (Å²) < 4.78 is 4.87. The van der Waals surface area contributed by atoms with E-state index in [-0.39, 0.29) is 0 Å². The van der Waals surface area contributed by atoms with Gasteiger partial charge in [-0.05, 0) is 249 Å². The fourth-order valence-corrected chi connectivity index (χ4v) is 22.0. The predicted molar refractivity (Wildman–Crippen MR) is 545 cm³/mol. The van der Waals surface area contributed by atoms with Crippen LogP contribution in [0, 0.1) is 0 Å². The Bertz CT molecular complexity index is 8670. The molecule has 0 aliphatic heterocycles. The predicted octanol–water partition coefficient (Wildman–Crippen LogP) is 31.3. The van der Waals surface area contributed by atoms with Gasteiger partial charge < -0.3 is 18.9 Å². The molecule has 0 amide bonds. The zero-order valence-corrected chi connectivity index (χ0v) is 71.8. The van der Waals surface area contributed by atoms with Crippen molar-refractivity contribution >= 4 is 110 Å². The molecule has 8 nitrogen and oxygen atoms in total. The second kappa shape index (κ2) is 30.7. The number of anilines is 6. The van der Waals surface area contributed by atoms with E-state index >= 15 is 0 Å². The summed E-state index contributed by atoms with van der Waals surface area (Å²) in [7, 11) is 0. The Labute approximate surface area is 763 Å². The Morgan fingerprint density at radius 3 is 1.13 bits per heavy atom. The Kier molecular flexibility index (Phi) is 17.6. The van der Waals surface area contributed by atoms with Gasteiger partial charge in [-0.1, -0.05) is 334 Å². The molecule has 0 bridgehead atoms. The second-order valence-electron chi connectivity index (χ2n) is 34.8. The molecule has 4 heterocycles. The number of para-hydroxylation sites is 2. The average molecular weight is 1680 g/mol. The third-order valence-electron chi connectivity index (χ3n) is 27.8. The van der Waals surface area contributed by atoms with E-state index in [1.165, 1.54) is 83.1 Å². The van der Waals surface area contributed by atoms with Crippen molar-refractivity contribution < 1.29 is 0 Å². The van der Waals surface area contributed by atoms with E-state index in [0.717, 1.165) is 138 Å². The van der Waals surface area contributed by atoms with Crippen molar-refractivity contribution in [2.45, 2.75) is 10.8 Å². The minimum atomic E-state index is -0.686. The number of hydrogen-bond donors (Lipinski definition) is 0. The zero-order chi connectivity index (χ0) is 87.0. The number of rotatable bonds is 16. The molecule has 4 aromatic heterocycles. The Morgan fingerprint density at radius 1 is 0.182 bits per heavy atom. The van der Waals surface area contributed by atoms with Gasteiger partial charge in [0.05, 0.1) is 69.1 Å². The SMILES string of the molecule is c1ccc(-c2ccc(N(c3cnc(-c4ccc5c(c4)c4ccccc4n5-c4ccc5c(c4)-c4ccccc4C5(c4ccccc4)c4cccc(-c5cccc6cc(N(c7cnc(-c8ccc9c(c8)c8ccccc8n9-c8ccc9c(c8)C(c8ccccc8)(c8ccccc8)c8ccccc8-9)nc7)c7ccc8ccccc8c7)ccc56)c4)nc3)c3ccc4ccccc4c3)cc2)cc1. The van der Waals surface area contributed by atoms with Crippen LogP contribution in [0.4, 0.5) is 34.1 Å². The lowest BCUT2D eigenvalue weighted by Gasteiger charge is -2.34. The Hall–Kier alpha value is -17.5. The highest BCUT2D eigenvalue weighted by Crippen LogP contribution is 2.60. The maximum atomic E-state index is 5.29. The topological polar surface area (TPSA) is 67.9 Å². The summed E-state index contributed by atoms with van der Waals surface area (Å²) in [6, 6.07) is 169. The highest BCUT2D eigenvalue weighted by atomic mass is 15.2. The first-order valence-corrected chi connectivity index (χ1v) is 45.2. The highest BCUT2D eigenvalue weighted by Gasteiger charge is 2.48. The Morgan fingerprint density at radius 2 is 0.561 bits per heavy atom. The zero-order valence-electron chi connectivity index (χ0n) is 71.8. The average Bonchev–Trinajstić information content (AvgIpc) is 1.51. The maximum Gasteiger partial charge on any atom is 0.159 e. The molecule has 0 radical (unpaired) electrons. The van der Waals surface area contributed by atoms with Crippen LogP contribution in [0.1, 0.15) is 44.5 Å². The molecule has 2 aliphatic carbocycles. The lowest BCUT2D eigenvalue weighted by atomic mass is 9.67. The third-order valence-corrected chi connectivity index (χ3v) is 27.8. The maximum absolute atomic E-state index is 5.29. The van der Waals surface area contributed by atoms with E-state index in [1.807, 2.05) is 24.8 Å². The van der Waals surface area contributed by atoms with Crippen molar-refractivity contribution in [1.29, 1.82) is 0 Å². The Balaban J connectivity index is 0.535. The van der Waals surface area contributed by atoms with Gasteiger partial charge in [-0.15, -0.1) is 0 Å². The summed E-state index contributed by atoms with van der Waals surface area (Å²) in [5.74, 6) is 1.29. The summed E-state index contributed by atoms with van der Waals surface area (Å²) >= 11 is 0. The van der Waals surface area contributed by atoms with Crippen molar-refractivity contribution in [3.63, 3.8) is 0 Å². The van der Waals surface area contributed by atoms with Crippen molar-refractivity contribution in [2.75, 3.05) is 9.80 Å². The van der Waals surface area contributed by atoms with Crippen LogP contribution in [-0.2, 0) is 10.8 Å². The number of benzene rings is 20. The van der Waals surface area contributed by atoms with Gasteiger partial charge in [0.2, 0.25) is 0 Å². The summed E-state index contributed by atoms with van der Waals surface area (Å²) in [4.78, 5) is 25.5. The number of hydrogen-bond acceptors (Lipinski definition) is 6. The highest BCUT2D eigenvalue weighted by molar-refractivity contribution is 6.12. The van der Waals surface area contributed by atoms with Gasteiger partial charge in [0, 0.05) is 66.8 Å². The van der Waals surface area contributed by atoms with Crippen molar-refractivity contribution in [2.24, 2.45) is 0 Å². The van der Waals surface area contributed by atoms with Crippen LogP contribution in [0.25, 0.3) is 155 Å². The standard InChI is InChI=1S/C124H80N8/c1-5-27-81(28-6-1)84-51-57-95(58-52-84)129(96-59-53-82-29-13-15-31-85(82)70-96)101-77-125-121(126-78-101)89-55-67-119-111(73-89)108-44-19-23-49-117(108)131(119)99-63-66-115-110(75-99)106-43-18-22-48-114(106)124(115,93-39-11-4-12-40-93)94-41-25-33-87(69-94)103-46-26-34-88-72-98(61-64-104(88)103)130(97-60-54-83-30-14-16-32-86(83)71-97)102-79-127-122(128-80-102)90-56-68-120-112(74-90)109-45-20-24-50-118(109)132(120)100-62-65-107-105-42-17-21-47-113(105)123(116(107)76-100,91-35-7-2-8-36-91)92-37-9-3-10-38-92/h1-80H. The molecular formula is C124H80N8. The van der Waals surface area contributed by atoms with Crippen LogP contribution in [0.5, 0.6) is 0 Å². The van der Waals surface area contributed by atoms with Crippen LogP contribution in [-0.4, -0.2) is 29.1 Å². The van der Waals surface area contributed by atoms with Gasteiger partial charge in [-0.25, -0.2) is 19.9 Å². The normalized spacial score (nSPS) is 13.5. The smallest absolute Gasteiger partial charge is 0.159 e. The van der Waals surface area contributed by atoms with E-state index in [9.17, 15) is 0 Å². The molecule has 616 valence electrons. The largest absolute Gasteiger partial charge is 0.309 e. The van der Waals surface area contributed by atoms with Gasteiger partial charge in [0.1, 0.15) is 0 Å². The van der Waals surface area contributed by atoms with Crippen LogP contribution < -0.4 is 9.80 Å². The summed E-state index contributed by atoms with van der Waals surface area (Å²) in [5, 5.41) is 11.5. The number of aromatic nitrogens is 6. The first-order valence-electron chi connectivity index (χ1n) is 45.2. The quantitative estimate of drug-likeness (QED) is 0.0960. The lowest BCUT2D eigenvalue weighted by Crippen LogP contribution is -2.28. The van der Waals surface area contributed by atoms with E-state index in [1.54, 1.807) is 0 Å². The second-order valence-corrected chi connectivity index (χ2v) is 34.8. The molecule has 20 aromatic carbocycles. The first-order chi connectivity index (χ1) is 65.4. The molecule has 132 heavy (non-hydrogen) atoms. The van der Waals surface area contributed by atoms with Crippen LogP contribution in [0.2, 0.25) is 0 Å². The fourth-order valence-electron chi connectivity index (χ4n) is 22.0. The molecule has 0 spiro atoms. The van der Waals surface area contributed by atoms with Crippen LogP contribution in [0.3, 0.4) is 0 Å². The molecule has 26 rings (SSSR count). The first kappa shape index (κ1) is 75.8. The molecule has 24 aromatic rings. The minimum Gasteiger partial charge on any atom is -0.309 e. The molecule has 0 saturated carbocycles. The van der Waals surface area contributed by atoms with E-state index in [4.69, 9.17) is 19.9 Å². The van der Waals surface area contributed by atoms with Crippen LogP contribution >= 0.6 is 0 Å². The number of fused-ring (bicyclic) bond motifs is 15. The molecule has 0 fully saturated rings. The van der Waals surface area contributed by atoms with Crippen LogP contribution in [0.15, 0.2) is 486 Å². The summed E-state index contributed by atoms with van der Waals surface area (Å²) in [6.45, 7) is 0. The van der Waals surface area contributed by atoms with Crippen molar-refractivity contribution in [3.05, 3.63) is 530 Å². The van der Waals surface area contributed by atoms with Gasteiger partial charge in [0.25, 0.3) is 0 Å². The molecule has 8 heteroatoms. The van der Waals surface area contributed by atoms with Gasteiger partial charge in [0.15, 0.2) is 11.6 Å². The molecule has 2 aliphatic rings. The monoisotopic (exact) mass is 1680 g/mol. The molecule has 0 N–H and O–H groups in total. The number of nitrogens with zero attached hydrogens (tertiary/aromatic N) is 8. The lowest BCUT2D eigenvalue weighted by molar-refractivity contribution is 0.767. The van der Waals surface area contributed by atoms with Gasteiger partial charge >= 0.3 is 0 Å². The van der Waals surface area contributed by atoms with E-state index in [2.05, 4.69) is 480 Å². The minimum absolute atomic E-state index is 0.536.